The highest BCUT2D eigenvalue weighted by Crippen LogP contribution is 2.24. The van der Waals surface area contributed by atoms with Crippen LogP contribution in [0.15, 0.2) is 48.5 Å². The molecule has 6 nitrogen and oxygen atoms in total. The maximum absolute atomic E-state index is 12.7. The molecule has 1 amide bonds. The van der Waals surface area contributed by atoms with E-state index in [1.807, 2.05) is 52.2 Å². The van der Waals surface area contributed by atoms with Crippen LogP contribution in [0.4, 0.5) is 5.69 Å². The first-order chi connectivity index (χ1) is 14.4. The smallest absolute Gasteiger partial charge is 0.251 e. The second kappa shape index (κ2) is 10.5. The summed E-state index contributed by atoms with van der Waals surface area (Å²) < 4.78 is 11.2. The normalized spacial score (nSPS) is 15.6. The van der Waals surface area contributed by atoms with Crippen LogP contribution < -0.4 is 15.0 Å². The van der Waals surface area contributed by atoms with Gasteiger partial charge in [-0.2, -0.15) is 0 Å². The van der Waals surface area contributed by atoms with Crippen molar-refractivity contribution in [3.05, 3.63) is 59.7 Å². The molecule has 1 unspecified atom stereocenters. The quantitative estimate of drug-likeness (QED) is 0.722. The minimum atomic E-state index is -0.0748. The minimum absolute atomic E-state index is 0.0748. The molecule has 0 aliphatic carbocycles. The third-order valence-corrected chi connectivity index (χ3v) is 5.22. The first kappa shape index (κ1) is 22.1. The molecule has 162 valence electrons. The topological polar surface area (TPSA) is 54.0 Å². The van der Waals surface area contributed by atoms with Crippen LogP contribution in [0.2, 0.25) is 0 Å². The highest BCUT2D eigenvalue weighted by Gasteiger charge is 2.23. The number of hydrogen-bond donors (Lipinski definition) is 1. The molecule has 0 bridgehead atoms. The number of ether oxygens (including phenoxy) is 2. The Kier molecular flexibility index (Phi) is 7.71. The monoisotopic (exact) mass is 411 g/mol. The van der Waals surface area contributed by atoms with Gasteiger partial charge in [0, 0.05) is 45.0 Å². The third kappa shape index (κ3) is 5.97. The van der Waals surface area contributed by atoms with Crippen molar-refractivity contribution in [2.24, 2.45) is 0 Å². The summed E-state index contributed by atoms with van der Waals surface area (Å²) in [5, 5.41) is 3.12. The van der Waals surface area contributed by atoms with Crippen LogP contribution >= 0.6 is 0 Å². The summed E-state index contributed by atoms with van der Waals surface area (Å²) in [6, 6.07) is 16.0. The van der Waals surface area contributed by atoms with Gasteiger partial charge >= 0.3 is 0 Å². The number of carbonyl (C=O) groups is 1. The van der Waals surface area contributed by atoms with Crippen LogP contribution in [-0.4, -0.2) is 63.9 Å². The molecule has 0 saturated carbocycles. The van der Waals surface area contributed by atoms with Crippen LogP contribution in [-0.2, 0) is 4.74 Å². The number of amides is 1. The van der Waals surface area contributed by atoms with Gasteiger partial charge < -0.3 is 19.7 Å². The lowest BCUT2D eigenvalue weighted by molar-refractivity contribution is 0.0162. The van der Waals surface area contributed by atoms with Gasteiger partial charge in [-0.15, -0.1) is 0 Å². The first-order valence-corrected chi connectivity index (χ1v) is 10.6. The Morgan fingerprint density at radius 2 is 1.70 bits per heavy atom. The zero-order valence-corrected chi connectivity index (χ0v) is 18.4. The summed E-state index contributed by atoms with van der Waals surface area (Å²) in [7, 11) is 4.07. The Bertz CT molecular complexity index is 797. The van der Waals surface area contributed by atoms with Crippen molar-refractivity contribution in [1.29, 1.82) is 0 Å². The lowest BCUT2D eigenvalue weighted by atomic mass is 10.0. The van der Waals surface area contributed by atoms with Crippen molar-refractivity contribution in [3.8, 4) is 5.75 Å². The molecule has 1 aliphatic rings. The van der Waals surface area contributed by atoms with E-state index >= 15 is 0 Å². The summed E-state index contributed by atoms with van der Waals surface area (Å²) in [5.41, 5.74) is 2.99. The van der Waals surface area contributed by atoms with E-state index in [0.717, 1.165) is 37.7 Å². The second-order valence-corrected chi connectivity index (χ2v) is 8.05. The lowest BCUT2D eigenvalue weighted by Gasteiger charge is -2.35. The van der Waals surface area contributed by atoms with Gasteiger partial charge in [-0.1, -0.05) is 12.1 Å². The van der Waals surface area contributed by atoms with Gasteiger partial charge in [-0.25, -0.2) is 0 Å². The van der Waals surface area contributed by atoms with E-state index in [4.69, 9.17) is 9.47 Å². The van der Waals surface area contributed by atoms with E-state index in [1.165, 1.54) is 5.56 Å². The number of benzene rings is 2. The molecule has 6 heteroatoms. The number of hydrogen-bond acceptors (Lipinski definition) is 5. The minimum Gasteiger partial charge on any atom is -0.491 e. The molecule has 0 spiro atoms. The van der Waals surface area contributed by atoms with Crippen LogP contribution in [0.3, 0.4) is 0 Å². The van der Waals surface area contributed by atoms with Gasteiger partial charge in [-0.3, -0.25) is 9.69 Å². The van der Waals surface area contributed by atoms with E-state index in [1.54, 1.807) is 0 Å². The van der Waals surface area contributed by atoms with Gasteiger partial charge in [0.05, 0.1) is 25.4 Å². The van der Waals surface area contributed by atoms with Gasteiger partial charge in [0.2, 0.25) is 0 Å². The van der Waals surface area contributed by atoms with Crippen LogP contribution in [0.5, 0.6) is 5.75 Å². The van der Waals surface area contributed by atoms with E-state index in [9.17, 15) is 4.79 Å². The van der Waals surface area contributed by atoms with Gasteiger partial charge in [0.15, 0.2) is 0 Å². The zero-order valence-electron chi connectivity index (χ0n) is 18.4. The number of rotatable bonds is 8. The van der Waals surface area contributed by atoms with Crippen LogP contribution in [0.25, 0.3) is 0 Å². The number of carbonyl (C=O) groups excluding carboxylic acids is 1. The van der Waals surface area contributed by atoms with Crippen molar-refractivity contribution >= 4 is 11.6 Å². The van der Waals surface area contributed by atoms with Crippen LogP contribution in [0, 0.1) is 0 Å². The number of nitrogens with zero attached hydrogens (tertiary/aromatic N) is 2. The Labute approximate surface area is 179 Å². The fourth-order valence-electron chi connectivity index (χ4n) is 3.59. The van der Waals surface area contributed by atoms with Gasteiger partial charge in [0.1, 0.15) is 5.75 Å². The molecule has 1 heterocycles. The Hall–Kier alpha value is -2.57. The lowest BCUT2D eigenvalue weighted by Crippen LogP contribution is -2.43. The molecule has 1 aliphatic heterocycles. The number of nitrogens with one attached hydrogen (secondary N) is 1. The van der Waals surface area contributed by atoms with E-state index in [0.29, 0.717) is 12.1 Å². The summed E-state index contributed by atoms with van der Waals surface area (Å²) in [6.45, 7) is 7.67. The summed E-state index contributed by atoms with van der Waals surface area (Å²) in [6.07, 6.45) is 0.109. The predicted molar refractivity (Wildman–Crippen MR) is 120 cm³/mol. The SMILES string of the molecule is CC(C)Oc1ccc(C(=O)NCC(c2ccc(N(C)C)cc2)N2CCOCC2)cc1. The van der Waals surface area contributed by atoms with Crippen molar-refractivity contribution in [2.45, 2.75) is 26.0 Å². The van der Waals surface area contributed by atoms with Crippen molar-refractivity contribution in [2.75, 3.05) is 51.8 Å². The summed E-state index contributed by atoms with van der Waals surface area (Å²) in [4.78, 5) is 17.2. The van der Waals surface area contributed by atoms with E-state index < -0.39 is 0 Å². The van der Waals surface area contributed by atoms with Crippen molar-refractivity contribution < 1.29 is 14.3 Å². The van der Waals surface area contributed by atoms with E-state index in [2.05, 4.69) is 39.4 Å². The molecular formula is C24H33N3O3. The summed E-state index contributed by atoms with van der Waals surface area (Å²) in [5.74, 6) is 0.697. The average molecular weight is 412 g/mol. The molecule has 0 aromatic heterocycles. The molecular weight excluding hydrogens is 378 g/mol. The zero-order chi connectivity index (χ0) is 21.5. The van der Waals surface area contributed by atoms with Gasteiger partial charge in [-0.05, 0) is 55.8 Å². The van der Waals surface area contributed by atoms with Gasteiger partial charge in [0.25, 0.3) is 5.91 Å². The molecule has 3 rings (SSSR count). The fraction of sp³-hybridized carbons (Fsp3) is 0.458. The Morgan fingerprint density at radius 1 is 1.07 bits per heavy atom. The largest absolute Gasteiger partial charge is 0.491 e. The predicted octanol–water partition coefficient (Wildman–Crippen LogP) is 3.34. The summed E-state index contributed by atoms with van der Waals surface area (Å²) >= 11 is 0. The molecule has 2 aromatic rings. The molecule has 0 radical (unpaired) electrons. The highest BCUT2D eigenvalue weighted by molar-refractivity contribution is 5.94. The molecule has 1 saturated heterocycles. The number of anilines is 1. The Morgan fingerprint density at radius 3 is 2.27 bits per heavy atom. The molecule has 2 aromatic carbocycles. The van der Waals surface area contributed by atoms with E-state index in [-0.39, 0.29) is 18.1 Å². The first-order valence-electron chi connectivity index (χ1n) is 10.6. The molecule has 1 fully saturated rings. The van der Waals surface area contributed by atoms with Crippen LogP contribution in [0.1, 0.15) is 35.8 Å². The molecule has 1 N–H and O–H groups in total. The third-order valence-electron chi connectivity index (χ3n) is 5.22. The molecule has 1 atom stereocenters. The van der Waals surface area contributed by atoms with Crippen molar-refractivity contribution in [3.63, 3.8) is 0 Å². The average Bonchev–Trinajstić information content (AvgIpc) is 2.75. The van der Waals surface area contributed by atoms with Crippen molar-refractivity contribution in [1.82, 2.24) is 10.2 Å². The molecule has 30 heavy (non-hydrogen) atoms. The maximum atomic E-state index is 12.7. The standard InChI is InChI=1S/C24H33N3O3/c1-18(2)30-22-11-7-20(8-12-22)24(28)25-17-23(27-13-15-29-16-14-27)19-5-9-21(10-6-19)26(3)4/h5-12,18,23H,13-17H2,1-4H3,(H,25,28). The Balaban J connectivity index is 1.69. The maximum Gasteiger partial charge on any atom is 0.251 e. The fourth-order valence-corrected chi connectivity index (χ4v) is 3.59. The highest BCUT2D eigenvalue weighted by atomic mass is 16.5. The second-order valence-electron chi connectivity index (χ2n) is 8.05. The number of morpholine rings is 1.